The fourth-order valence-corrected chi connectivity index (χ4v) is 1.62. The maximum Gasteiger partial charge on any atom is 0.234 e. The minimum atomic E-state index is -0.145. The second kappa shape index (κ2) is 3.57. The minimum absolute atomic E-state index is 0.0209. The molecule has 2 aliphatic rings. The second-order valence-electron chi connectivity index (χ2n) is 3.99. The maximum absolute atomic E-state index is 11.5. The molecule has 5 heteroatoms. The highest BCUT2D eigenvalue weighted by Gasteiger charge is 2.39. The normalized spacial score (nSPS) is 21.6. The molecule has 0 unspecified atom stereocenters. The van der Waals surface area contributed by atoms with Crippen molar-refractivity contribution in [3.63, 3.8) is 0 Å². The average Bonchev–Trinajstić information content (AvgIpc) is 2.91. The zero-order valence-corrected chi connectivity index (χ0v) is 8.03. The Kier molecular flexibility index (Phi) is 2.41. The van der Waals surface area contributed by atoms with Crippen LogP contribution in [-0.2, 0) is 9.59 Å². The van der Waals surface area contributed by atoms with Crippen molar-refractivity contribution >= 4 is 11.8 Å². The van der Waals surface area contributed by atoms with Crippen LogP contribution in [0.5, 0.6) is 0 Å². The van der Waals surface area contributed by atoms with Gasteiger partial charge in [-0.05, 0) is 12.8 Å². The van der Waals surface area contributed by atoms with Crippen molar-refractivity contribution < 1.29 is 9.59 Å². The summed E-state index contributed by atoms with van der Waals surface area (Å²) in [6.07, 6.45) is 2.07. The molecule has 1 aliphatic carbocycles. The number of nitrogens with one attached hydrogen (secondary N) is 1. The van der Waals surface area contributed by atoms with E-state index in [0.29, 0.717) is 13.1 Å². The summed E-state index contributed by atoms with van der Waals surface area (Å²) in [5, 5.41) is 2.75. The molecule has 0 spiro atoms. The lowest BCUT2D eigenvalue weighted by Gasteiger charge is -2.39. The average molecular weight is 197 g/mol. The second-order valence-corrected chi connectivity index (χ2v) is 3.99. The molecule has 0 radical (unpaired) electrons. The predicted octanol–water partition coefficient (Wildman–Crippen LogP) is -1.32. The molecule has 0 aromatic rings. The van der Waals surface area contributed by atoms with Gasteiger partial charge in [0.25, 0.3) is 0 Å². The molecule has 2 rings (SSSR count). The Labute approximate surface area is 82.6 Å². The topological polar surface area (TPSA) is 75.4 Å². The van der Waals surface area contributed by atoms with Crippen LogP contribution >= 0.6 is 0 Å². The van der Waals surface area contributed by atoms with Gasteiger partial charge in [-0.1, -0.05) is 0 Å². The van der Waals surface area contributed by atoms with Gasteiger partial charge in [0.2, 0.25) is 11.8 Å². The summed E-state index contributed by atoms with van der Waals surface area (Å²) in [5.74, 6) is 0.387. The Morgan fingerprint density at radius 3 is 2.50 bits per heavy atom. The van der Waals surface area contributed by atoms with Crippen molar-refractivity contribution in [2.75, 3.05) is 19.6 Å². The van der Waals surface area contributed by atoms with Crippen LogP contribution < -0.4 is 11.1 Å². The Bertz CT molecular complexity index is 257. The molecular weight excluding hydrogens is 182 g/mol. The number of carbonyl (C=O) groups is 2. The molecule has 0 atom stereocenters. The van der Waals surface area contributed by atoms with E-state index in [0.717, 1.165) is 12.8 Å². The smallest absolute Gasteiger partial charge is 0.234 e. The van der Waals surface area contributed by atoms with E-state index < -0.39 is 0 Å². The molecule has 0 aromatic heterocycles. The lowest BCUT2D eigenvalue weighted by atomic mass is 10.1. The molecule has 1 heterocycles. The quantitative estimate of drug-likeness (QED) is 0.589. The van der Waals surface area contributed by atoms with E-state index in [1.165, 1.54) is 0 Å². The summed E-state index contributed by atoms with van der Waals surface area (Å²) in [5.41, 5.74) is 5.16. The largest absolute Gasteiger partial charge is 0.349 e. The Hall–Kier alpha value is -1.10. The molecule has 1 saturated heterocycles. The van der Waals surface area contributed by atoms with Crippen molar-refractivity contribution in [2.24, 2.45) is 11.7 Å². The summed E-state index contributed by atoms with van der Waals surface area (Å²) < 4.78 is 0. The van der Waals surface area contributed by atoms with Gasteiger partial charge >= 0.3 is 0 Å². The summed E-state index contributed by atoms with van der Waals surface area (Å²) in [4.78, 5) is 24.2. The minimum Gasteiger partial charge on any atom is -0.349 e. The Balaban J connectivity index is 1.68. The molecular formula is C9H15N3O2. The van der Waals surface area contributed by atoms with E-state index >= 15 is 0 Å². The Morgan fingerprint density at radius 1 is 1.36 bits per heavy atom. The van der Waals surface area contributed by atoms with Gasteiger partial charge < -0.3 is 16.0 Å². The molecule has 78 valence electrons. The van der Waals surface area contributed by atoms with Gasteiger partial charge in [-0.2, -0.15) is 0 Å². The molecule has 0 bridgehead atoms. The van der Waals surface area contributed by atoms with E-state index in [1.54, 1.807) is 4.90 Å². The first-order valence-electron chi connectivity index (χ1n) is 4.99. The highest BCUT2D eigenvalue weighted by Crippen LogP contribution is 2.32. The van der Waals surface area contributed by atoms with E-state index in [9.17, 15) is 9.59 Å². The van der Waals surface area contributed by atoms with Crippen LogP contribution in [0, 0.1) is 5.92 Å². The van der Waals surface area contributed by atoms with Crippen molar-refractivity contribution in [1.29, 1.82) is 0 Å². The van der Waals surface area contributed by atoms with E-state index in [2.05, 4.69) is 5.32 Å². The van der Waals surface area contributed by atoms with E-state index in [-0.39, 0.29) is 30.3 Å². The van der Waals surface area contributed by atoms with Gasteiger partial charge in [0.15, 0.2) is 0 Å². The van der Waals surface area contributed by atoms with Gasteiger partial charge in [-0.25, -0.2) is 0 Å². The third kappa shape index (κ3) is 1.87. The molecule has 1 aliphatic heterocycles. The van der Waals surface area contributed by atoms with E-state index in [4.69, 9.17) is 5.73 Å². The number of rotatable bonds is 3. The summed E-state index contributed by atoms with van der Waals surface area (Å²) in [6, 6.07) is 0.119. The molecule has 3 N–H and O–H groups in total. The van der Waals surface area contributed by atoms with Crippen molar-refractivity contribution in [3.8, 4) is 0 Å². The number of hydrogen-bond acceptors (Lipinski definition) is 3. The zero-order valence-electron chi connectivity index (χ0n) is 8.03. The first kappa shape index (κ1) is 9.45. The number of nitrogens with zero attached hydrogens (tertiary/aromatic N) is 1. The van der Waals surface area contributed by atoms with Gasteiger partial charge in [0, 0.05) is 19.0 Å². The van der Waals surface area contributed by atoms with Crippen LogP contribution in [-0.4, -0.2) is 42.4 Å². The summed E-state index contributed by atoms with van der Waals surface area (Å²) in [6.45, 7) is 1.33. The highest BCUT2D eigenvalue weighted by molar-refractivity contribution is 5.83. The third-order valence-corrected chi connectivity index (χ3v) is 2.67. The SMILES string of the molecule is NCC(=O)NC1CN(C(=O)C2CC2)C1. The van der Waals surface area contributed by atoms with Crippen LogP contribution in [0.15, 0.2) is 0 Å². The standard InChI is InChI=1S/C9H15N3O2/c10-3-8(13)11-7-4-12(5-7)9(14)6-1-2-6/h6-7H,1-5,10H2,(H,11,13). The first-order chi connectivity index (χ1) is 6.70. The number of likely N-dealkylation sites (tertiary alicyclic amines) is 1. The number of carbonyl (C=O) groups excluding carboxylic acids is 2. The lowest BCUT2D eigenvalue weighted by molar-refractivity contribution is -0.139. The van der Waals surface area contributed by atoms with Crippen LogP contribution in [0.1, 0.15) is 12.8 Å². The van der Waals surface area contributed by atoms with Gasteiger partial charge in [0.1, 0.15) is 0 Å². The van der Waals surface area contributed by atoms with Crippen LogP contribution in [0.3, 0.4) is 0 Å². The van der Waals surface area contributed by atoms with Gasteiger partial charge in [-0.3, -0.25) is 9.59 Å². The number of hydrogen-bond donors (Lipinski definition) is 2. The fraction of sp³-hybridized carbons (Fsp3) is 0.778. The number of nitrogens with two attached hydrogens (primary N) is 1. The van der Waals surface area contributed by atoms with Crippen molar-refractivity contribution in [1.82, 2.24) is 10.2 Å². The van der Waals surface area contributed by atoms with Crippen molar-refractivity contribution in [2.45, 2.75) is 18.9 Å². The van der Waals surface area contributed by atoms with Gasteiger partial charge in [-0.15, -0.1) is 0 Å². The first-order valence-corrected chi connectivity index (χ1v) is 4.99. The predicted molar refractivity (Wildman–Crippen MR) is 50.3 cm³/mol. The maximum atomic E-state index is 11.5. The molecule has 2 fully saturated rings. The highest BCUT2D eigenvalue weighted by atomic mass is 16.2. The van der Waals surface area contributed by atoms with E-state index in [1.807, 2.05) is 0 Å². The molecule has 2 amide bonds. The molecule has 14 heavy (non-hydrogen) atoms. The van der Waals surface area contributed by atoms with Crippen LogP contribution in [0.2, 0.25) is 0 Å². The lowest BCUT2D eigenvalue weighted by Crippen LogP contribution is -2.61. The van der Waals surface area contributed by atoms with Crippen LogP contribution in [0.25, 0.3) is 0 Å². The van der Waals surface area contributed by atoms with Crippen molar-refractivity contribution in [3.05, 3.63) is 0 Å². The monoisotopic (exact) mass is 197 g/mol. The molecule has 5 nitrogen and oxygen atoms in total. The fourth-order valence-electron chi connectivity index (χ4n) is 1.62. The molecule has 0 aromatic carbocycles. The van der Waals surface area contributed by atoms with Gasteiger partial charge in [0.05, 0.1) is 12.6 Å². The van der Waals surface area contributed by atoms with Crippen LogP contribution in [0.4, 0.5) is 0 Å². The Morgan fingerprint density at radius 2 is 2.00 bits per heavy atom. The zero-order chi connectivity index (χ0) is 10.1. The molecule has 1 saturated carbocycles. The summed E-state index contributed by atoms with van der Waals surface area (Å²) >= 11 is 0. The summed E-state index contributed by atoms with van der Waals surface area (Å²) in [7, 11) is 0. The number of amides is 2. The third-order valence-electron chi connectivity index (χ3n) is 2.67.